The van der Waals surface area contributed by atoms with Gasteiger partial charge in [0, 0.05) is 18.7 Å². The van der Waals surface area contributed by atoms with Gasteiger partial charge in [-0.1, -0.05) is 44.4 Å². The van der Waals surface area contributed by atoms with Crippen molar-refractivity contribution in [2.45, 2.75) is 64.5 Å². The number of aliphatic imine (C=N–C) groups is 1. The number of nitrogens with zero attached hydrogens (tertiary/aromatic N) is 2. The number of nitrogens with one attached hydrogen (secondary N) is 1. The van der Waals surface area contributed by atoms with E-state index in [1.807, 2.05) is 6.92 Å². The third kappa shape index (κ3) is 8.62. The van der Waals surface area contributed by atoms with Crippen LogP contribution in [0.5, 0.6) is 5.75 Å². The summed E-state index contributed by atoms with van der Waals surface area (Å²) in [5, 5.41) is 2.79. The number of rotatable bonds is 13. The average molecular weight is 540 g/mol. The number of amides is 2. The molecule has 0 bridgehead atoms. The first-order valence-electron chi connectivity index (χ1n) is 13.3. The summed E-state index contributed by atoms with van der Waals surface area (Å²) in [4.78, 5) is 44.7. The zero-order chi connectivity index (χ0) is 27.3. The molecule has 0 aromatic heterocycles. The minimum absolute atomic E-state index is 0.101. The highest BCUT2D eigenvalue weighted by molar-refractivity contribution is 8.15. The number of hydrogen-bond donors (Lipinski definition) is 1. The summed E-state index contributed by atoms with van der Waals surface area (Å²) in [6.45, 7) is 7.26. The van der Waals surface area contributed by atoms with Crippen LogP contribution in [-0.4, -0.2) is 52.9 Å². The zero-order valence-corrected chi connectivity index (χ0v) is 23.2. The van der Waals surface area contributed by atoms with Crippen LogP contribution in [0.25, 0.3) is 0 Å². The van der Waals surface area contributed by atoms with E-state index in [0.717, 1.165) is 31.4 Å². The van der Waals surface area contributed by atoms with Crippen LogP contribution < -0.4 is 10.1 Å². The van der Waals surface area contributed by atoms with Crippen molar-refractivity contribution in [1.29, 1.82) is 0 Å². The van der Waals surface area contributed by atoms with E-state index in [9.17, 15) is 14.4 Å². The van der Waals surface area contributed by atoms with E-state index < -0.39 is 11.2 Å². The molecule has 3 rings (SSSR count). The molecule has 1 aliphatic heterocycles. The Kier molecular flexibility index (Phi) is 11.7. The summed E-state index contributed by atoms with van der Waals surface area (Å²) < 4.78 is 10.5. The Morgan fingerprint density at radius 1 is 0.974 bits per heavy atom. The zero-order valence-electron chi connectivity index (χ0n) is 22.4. The summed E-state index contributed by atoms with van der Waals surface area (Å²) in [6, 6.07) is 13.9. The topological polar surface area (TPSA) is 97.3 Å². The predicted molar refractivity (Wildman–Crippen MR) is 152 cm³/mol. The van der Waals surface area contributed by atoms with Crippen molar-refractivity contribution < 1.29 is 23.9 Å². The van der Waals surface area contributed by atoms with Crippen molar-refractivity contribution in [1.82, 2.24) is 4.90 Å². The van der Waals surface area contributed by atoms with E-state index in [4.69, 9.17) is 14.5 Å². The number of hydrogen-bond acceptors (Lipinski definition) is 7. The molecule has 9 heteroatoms. The van der Waals surface area contributed by atoms with Gasteiger partial charge in [-0.2, -0.15) is 0 Å². The van der Waals surface area contributed by atoms with Gasteiger partial charge >= 0.3 is 5.97 Å². The molecule has 0 aliphatic carbocycles. The molecule has 8 nitrogen and oxygen atoms in total. The number of ether oxygens (including phenoxy) is 2. The van der Waals surface area contributed by atoms with Crippen LogP contribution in [0.3, 0.4) is 0 Å². The van der Waals surface area contributed by atoms with E-state index in [1.165, 1.54) is 18.2 Å². The van der Waals surface area contributed by atoms with Gasteiger partial charge in [0.1, 0.15) is 11.0 Å². The third-order valence-electron chi connectivity index (χ3n) is 5.95. The molecule has 1 heterocycles. The average Bonchev–Trinajstić information content (AvgIpc) is 2.91. The fourth-order valence-corrected chi connectivity index (χ4v) is 5.08. The smallest absolute Gasteiger partial charge is 0.338 e. The van der Waals surface area contributed by atoms with Gasteiger partial charge in [-0.15, -0.1) is 0 Å². The number of unbranched alkanes of at least 4 members (excludes halogenated alkanes) is 4. The monoisotopic (exact) mass is 539 g/mol. The van der Waals surface area contributed by atoms with Gasteiger partial charge in [-0.3, -0.25) is 14.5 Å². The Balaban J connectivity index is 1.75. The molecule has 38 heavy (non-hydrogen) atoms. The van der Waals surface area contributed by atoms with Crippen molar-refractivity contribution in [2.75, 3.05) is 25.1 Å². The van der Waals surface area contributed by atoms with E-state index in [2.05, 4.69) is 12.2 Å². The largest absolute Gasteiger partial charge is 0.494 e. The molecule has 1 aliphatic rings. The standard InChI is InChI=1S/C29H37N3O5S/c1-4-7-8-9-10-19-32-26(33)20-25(27(34)30-22-15-17-24(18-16-22)36-5-2)38-29(32)31-23-13-11-21(12-14-23)28(35)37-6-3/h11-18,25H,4-10,19-20H2,1-3H3,(H,30,34). The van der Waals surface area contributed by atoms with E-state index in [1.54, 1.807) is 60.4 Å². The van der Waals surface area contributed by atoms with Crippen LogP contribution in [0.2, 0.25) is 0 Å². The number of amidine groups is 1. The Morgan fingerprint density at radius 2 is 1.68 bits per heavy atom. The number of thioether (sulfide) groups is 1. The van der Waals surface area contributed by atoms with Gasteiger partial charge < -0.3 is 14.8 Å². The summed E-state index contributed by atoms with van der Waals surface area (Å²) in [7, 11) is 0. The lowest BCUT2D eigenvalue weighted by atomic mass is 10.1. The van der Waals surface area contributed by atoms with Gasteiger partial charge in [0.15, 0.2) is 5.17 Å². The van der Waals surface area contributed by atoms with Crippen LogP contribution >= 0.6 is 11.8 Å². The molecule has 1 saturated heterocycles. The Morgan fingerprint density at radius 3 is 2.34 bits per heavy atom. The van der Waals surface area contributed by atoms with Crippen molar-refractivity contribution in [3.8, 4) is 5.75 Å². The van der Waals surface area contributed by atoms with Crippen LogP contribution in [0.4, 0.5) is 11.4 Å². The maximum absolute atomic E-state index is 13.2. The molecule has 0 radical (unpaired) electrons. The van der Waals surface area contributed by atoms with Crippen molar-refractivity contribution in [2.24, 2.45) is 4.99 Å². The molecule has 0 saturated carbocycles. The van der Waals surface area contributed by atoms with E-state index in [0.29, 0.717) is 41.9 Å². The molecule has 1 N–H and O–H groups in total. The SMILES string of the molecule is CCCCCCCN1C(=O)CC(C(=O)Nc2ccc(OCC)cc2)SC1=Nc1ccc(C(=O)OCC)cc1. The third-order valence-corrected chi connectivity index (χ3v) is 7.14. The molecular formula is C29H37N3O5S. The fraction of sp³-hybridized carbons (Fsp3) is 0.448. The van der Waals surface area contributed by atoms with Crippen LogP contribution in [-0.2, 0) is 14.3 Å². The lowest BCUT2D eigenvalue weighted by Gasteiger charge is -2.32. The first kappa shape index (κ1) is 29.2. The molecule has 204 valence electrons. The maximum Gasteiger partial charge on any atom is 0.338 e. The summed E-state index contributed by atoms with van der Waals surface area (Å²) in [6.07, 6.45) is 5.45. The fourth-order valence-electron chi connectivity index (χ4n) is 3.96. The van der Waals surface area contributed by atoms with Crippen molar-refractivity contribution in [3.63, 3.8) is 0 Å². The van der Waals surface area contributed by atoms with Crippen LogP contribution in [0.1, 0.15) is 69.7 Å². The summed E-state index contributed by atoms with van der Waals surface area (Å²) in [5.74, 6) is -0.0345. The lowest BCUT2D eigenvalue weighted by molar-refractivity contribution is -0.129. The molecule has 1 atom stereocenters. The highest BCUT2D eigenvalue weighted by Gasteiger charge is 2.35. The molecule has 2 aromatic carbocycles. The van der Waals surface area contributed by atoms with Crippen LogP contribution in [0.15, 0.2) is 53.5 Å². The van der Waals surface area contributed by atoms with Crippen molar-refractivity contribution in [3.05, 3.63) is 54.1 Å². The molecule has 2 amide bonds. The minimum atomic E-state index is -0.608. The second kappa shape index (κ2) is 15.2. The number of carbonyl (C=O) groups excluding carboxylic acids is 3. The normalized spacial score (nSPS) is 16.4. The predicted octanol–water partition coefficient (Wildman–Crippen LogP) is 6.19. The second-order valence-electron chi connectivity index (χ2n) is 8.88. The molecular weight excluding hydrogens is 502 g/mol. The summed E-state index contributed by atoms with van der Waals surface area (Å²) in [5.41, 5.74) is 1.67. The molecule has 2 aromatic rings. The van der Waals surface area contributed by atoms with E-state index in [-0.39, 0.29) is 18.2 Å². The first-order chi connectivity index (χ1) is 18.4. The molecule has 1 unspecified atom stereocenters. The number of carbonyl (C=O) groups is 3. The Labute approximate surface area is 229 Å². The van der Waals surface area contributed by atoms with E-state index >= 15 is 0 Å². The van der Waals surface area contributed by atoms with Gasteiger partial charge in [0.2, 0.25) is 11.8 Å². The summed E-state index contributed by atoms with van der Waals surface area (Å²) >= 11 is 1.29. The van der Waals surface area contributed by atoms with Gasteiger partial charge in [0.05, 0.1) is 24.5 Å². The minimum Gasteiger partial charge on any atom is -0.494 e. The van der Waals surface area contributed by atoms with Crippen molar-refractivity contribution >= 4 is 46.1 Å². The lowest BCUT2D eigenvalue weighted by Crippen LogP contribution is -2.45. The maximum atomic E-state index is 13.2. The molecule has 0 spiro atoms. The Hall–Kier alpha value is -3.33. The first-order valence-corrected chi connectivity index (χ1v) is 14.2. The quantitative estimate of drug-likeness (QED) is 0.241. The van der Waals surface area contributed by atoms with Crippen LogP contribution in [0, 0.1) is 0 Å². The van der Waals surface area contributed by atoms with Gasteiger partial charge in [-0.05, 0) is 68.8 Å². The number of anilines is 1. The number of esters is 1. The van der Waals surface area contributed by atoms with Gasteiger partial charge in [0.25, 0.3) is 0 Å². The Bertz CT molecular complexity index is 1100. The van der Waals surface area contributed by atoms with Gasteiger partial charge in [-0.25, -0.2) is 9.79 Å². The highest BCUT2D eigenvalue weighted by atomic mass is 32.2. The molecule has 1 fully saturated rings. The highest BCUT2D eigenvalue weighted by Crippen LogP contribution is 2.30. The second-order valence-corrected chi connectivity index (χ2v) is 10.0. The number of benzene rings is 2.